The van der Waals surface area contributed by atoms with E-state index in [1.807, 2.05) is 47.3 Å². The number of amides is 1. The van der Waals surface area contributed by atoms with E-state index < -0.39 is 0 Å². The van der Waals surface area contributed by atoms with Crippen LogP contribution in [0.3, 0.4) is 0 Å². The van der Waals surface area contributed by atoms with Crippen LogP contribution in [0.5, 0.6) is 0 Å². The third kappa shape index (κ3) is 6.38. The Morgan fingerprint density at radius 1 is 1.06 bits per heavy atom. The van der Waals surface area contributed by atoms with Gasteiger partial charge < -0.3 is 10.1 Å². The Hall–Kier alpha value is -3.22. The SMILES string of the molecule is O=C(/C=C/c1cnn(Cc2ccccc2)c1)N[C@H](CN1CCOCC1)c1ccccc1. The van der Waals surface area contributed by atoms with Gasteiger partial charge in [-0.2, -0.15) is 5.10 Å². The second-order valence-electron chi connectivity index (χ2n) is 7.68. The van der Waals surface area contributed by atoms with Gasteiger partial charge in [-0.3, -0.25) is 14.4 Å². The average Bonchev–Trinajstić information content (AvgIpc) is 3.26. The van der Waals surface area contributed by atoms with Gasteiger partial charge in [-0.05, 0) is 17.2 Å². The zero-order valence-corrected chi connectivity index (χ0v) is 17.6. The van der Waals surface area contributed by atoms with Gasteiger partial charge in [-0.15, -0.1) is 0 Å². The van der Waals surface area contributed by atoms with E-state index in [1.54, 1.807) is 18.3 Å². The number of nitrogens with zero attached hydrogens (tertiary/aromatic N) is 3. The summed E-state index contributed by atoms with van der Waals surface area (Å²) >= 11 is 0. The predicted octanol–water partition coefficient (Wildman–Crippen LogP) is 3.13. The smallest absolute Gasteiger partial charge is 0.244 e. The molecule has 1 fully saturated rings. The molecule has 1 atom stereocenters. The van der Waals surface area contributed by atoms with Gasteiger partial charge in [0.1, 0.15) is 0 Å². The highest BCUT2D eigenvalue weighted by Gasteiger charge is 2.19. The molecule has 0 spiro atoms. The van der Waals surface area contributed by atoms with Crippen LogP contribution in [0.25, 0.3) is 6.08 Å². The molecule has 31 heavy (non-hydrogen) atoms. The van der Waals surface area contributed by atoms with Crippen LogP contribution in [0.15, 0.2) is 79.1 Å². The van der Waals surface area contributed by atoms with Crippen LogP contribution in [0.2, 0.25) is 0 Å². The molecule has 0 aliphatic carbocycles. The number of hydrogen-bond donors (Lipinski definition) is 1. The first-order chi connectivity index (χ1) is 15.3. The van der Waals surface area contributed by atoms with E-state index in [0.717, 1.165) is 44.0 Å². The topological polar surface area (TPSA) is 59.4 Å². The molecule has 0 radical (unpaired) electrons. The minimum atomic E-state index is -0.113. The van der Waals surface area contributed by atoms with Crippen molar-refractivity contribution in [3.05, 3.63) is 95.8 Å². The minimum Gasteiger partial charge on any atom is -0.379 e. The molecule has 2 aromatic carbocycles. The van der Waals surface area contributed by atoms with Crippen molar-refractivity contribution in [1.29, 1.82) is 0 Å². The quantitative estimate of drug-likeness (QED) is 0.573. The predicted molar refractivity (Wildman–Crippen MR) is 121 cm³/mol. The zero-order valence-electron chi connectivity index (χ0n) is 17.6. The Morgan fingerprint density at radius 2 is 1.77 bits per heavy atom. The molecule has 6 heteroatoms. The number of hydrogen-bond acceptors (Lipinski definition) is 4. The van der Waals surface area contributed by atoms with Crippen molar-refractivity contribution in [1.82, 2.24) is 20.0 Å². The Bertz CT molecular complexity index is 979. The molecule has 1 N–H and O–H groups in total. The lowest BCUT2D eigenvalue weighted by atomic mass is 10.1. The average molecular weight is 417 g/mol. The standard InChI is InChI=1S/C25H28N4O2/c30-25(12-11-22-17-26-29(19-22)18-21-7-3-1-4-8-21)27-24(23-9-5-2-6-10-23)20-28-13-15-31-16-14-28/h1-12,17,19,24H,13-16,18,20H2,(H,27,30)/b12-11+/t24-/m1/s1. The first-order valence-corrected chi connectivity index (χ1v) is 10.7. The van der Waals surface area contributed by atoms with Gasteiger partial charge in [0, 0.05) is 37.5 Å². The summed E-state index contributed by atoms with van der Waals surface area (Å²) in [6.07, 6.45) is 7.11. The number of rotatable bonds is 8. The fourth-order valence-electron chi connectivity index (χ4n) is 3.68. The van der Waals surface area contributed by atoms with Crippen LogP contribution in [0.4, 0.5) is 0 Å². The summed E-state index contributed by atoms with van der Waals surface area (Å²) in [5.74, 6) is -0.113. The van der Waals surface area contributed by atoms with E-state index in [0.29, 0.717) is 6.54 Å². The van der Waals surface area contributed by atoms with Crippen molar-refractivity contribution in [2.45, 2.75) is 12.6 Å². The van der Waals surface area contributed by atoms with E-state index in [4.69, 9.17) is 4.74 Å². The largest absolute Gasteiger partial charge is 0.379 e. The van der Waals surface area contributed by atoms with Gasteiger partial charge in [0.2, 0.25) is 5.91 Å². The molecule has 160 valence electrons. The number of morpholine rings is 1. The summed E-state index contributed by atoms with van der Waals surface area (Å²) in [6, 6.07) is 20.2. The number of nitrogens with one attached hydrogen (secondary N) is 1. The molecule has 3 aromatic rings. The normalized spacial score (nSPS) is 15.7. The van der Waals surface area contributed by atoms with Crippen LogP contribution in [0.1, 0.15) is 22.7 Å². The maximum absolute atomic E-state index is 12.7. The van der Waals surface area contributed by atoms with Crippen molar-refractivity contribution in [3.8, 4) is 0 Å². The zero-order chi connectivity index (χ0) is 21.3. The number of carbonyl (C=O) groups is 1. The summed E-state index contributed by atoms with van der Waals surface area (Å²) in [6.45, 7) is 4.72. The van der Waals surface area contributed by atoms with Crippen LogP contribution >= 0.6 is 0 Å². The van der Waals surface area contributed by atoms with E-state index in [1.165, 1.54) is 5.56 Å². The fraction of sp³-hybridized carbons (Fsp3) is 0.280. The Balaban J connectivity index is 1.37. The molecule has 0 saturated carbocycles. The molecular weight excluding hydrogens is 388 g/mol. The van der Waals surface area contributed by atoms with Gasteiger partial charge in [-0.1, -0.05) is 60.7 Å². The number of benzene rings is 2. The maximum Gasteiger partial charge on any atom is 0.244 e. The van der Waals surface area contributed by atoms with Crippen molar-refractivity contribution in [3.63, 3.8) is 0 Å². The highest BCUT2D eigenvalue weighted by atomic mass is 16.5. The second-order valence-corrected chi connectivity index (χ2v) is 7.68. The lowest BCUT2D eigenvalue weighted by Crippen LogP contribution is -2.42. The van der Waals surface area contributed by atoms with E-state index in [2.05, 4.69) is 39.6 Å². The van der Waals surface area contributed by atoms with Gasteiger partial charge in [0.25, 0.3) is 0 Å². The molecule has 1 aromatic heterocycles. The lowest BCUT2D eigenvalue weighted by molar-refractivity contribution is -0.117. The molecule has 1 amide bonds. The molecular formula is C25H28N4O2. The van der Waals surface area contributed by atoms with Crippen molar-refractivity contribution in [2.75, 3.05) is 32.8 Å². The van der Waals surface area contributed by atoms with Crippen molar-refractivity contribution < 1.29 is 9.53 Å². The third-order valence-corrected chi connectivity index (χ3v) is 5.33. The Labute approximate surface area is 183 Å². The minimum absolute atomic E-state index is 0.0720. The van der Waals surface area contributed by atoms with Crippen LogP contribution in [0, 0.1) is 0 Å². The van der Waals surface area contributed by atoms with E-state index in [9.17, 15) is 4.79 Å². The molecule has 0 unspecified atom stereocenters. The fourth-order valence-corrected chi connectivity index (χ4v) is 3.68. The summed E-state index contributed by atoms with van der Waals surface area (Å²) in [7, 11) is 0. The van der Waals surface area contributed by atoms with Gasteiger partial charge in [0.15, 0.2) is 0 Å². The highest BCUT2D eigenvalue weighted by molar-refractivity contribution is 5.91. The van der Waals surface area contributed by atoms with Crippen LogP contribution in [-0.4, -0.2) is 53.4 Å². The first-order valence-electron chi connectivity index (χ1n) is 10.7. The first kappa shape index (κ1) is 21.0. The molecule has 4 rings (SSSR count). The Morgan fingerprint density at radius 3 is 2.52 bits per heavy atom. The van der Waals surface area contributed by atoms with Gasteiger partial charge in [-0.25, -0.2) is 0 Å². The number of aromatic nitrogens is 2. The summed E-state index contributed by atoms with van der Waals surface area (Å²) < 4.78 is 7.32. The Kier molecular flexibility index (Phi) is 7.26. The molecule has 1 aliphatic rings. The highest BCUT2D eigenvalue weighted by Crippen LogP contribution is 2.15. The van der Waals surface area contributed by atoms with E-state index in [-0.39, 0.29) is 11.9 Å². The monoisotopic (exact) mass is 416 g/mol. The maximum atomic E-state index is 12.7. The summed E-state index contributed by atoms with van der Waals surface area (Å²) in [5, 5.41) is 7.55. The summed E-state index contributed by atoms with van der Waals surface area (Å²) in [5.41, 5.74) is 3.19. The molecule has 1 saturated heterocycles. The summed E-state index contributed by atoms with van der Waals surface area (Å²) in [4.78, 5) is 15.0. The van der Waals surface area contributed by atoms with Gasteiger partial charge >= 0.3 is 0 Å². The number of carbonyl (C=O) groups excluding carboxylic acids is 1. The van der Waals surface area contributed by atoms with Gasteiger partial charge in [0.05, 0.1) is 32.0 Å². The lowest BCUT2D eigenvalue weighted by Gasteiger charge is -2.31. The number of ether oxygens (including phenoxy) is 1. The van der Waals surface area contributed by atoms with Crippen molar-refractivity contribution in [2.24, 2.45) is 0 Å². The third-order valence-electron chi connectivity index (χ3n) is 5.33. The van der Waals surface area contributed by atoms with Crippen LogP contribution < -0.4 is 5.32 Å². The van der Waals surface area contributed by atoms with Crippen LogP contribution in [-0.2, 0) is 16.1 Å². The molecule has 2 heterocycles. The molecule has 6 nitrogen and oxygen atoms in total. The van der Waals surface area contributed by atoms with Crippen molar-refractivity contribution >= 4 is 12.0 Å². The van der Waals surface area contributed by atoms with E-state index >= 15 is 0 Å². The molecule has 1 aliphatic heterocycles. The molecule has 0 bridgehead atoms. The second kappa shape index (κ2) is 10.7.